The van der Waals surface area contributed by atoms with Crippen LogP contribution in [0.25, 0.3) is 0 Å². The van der Waals surface area contributed by atoms with E-state index >= 15 is 0 Å². The van der Waals surface area contributed by atoms with Crippen LogP contribution in [0, 0.1) is 11.6 Å². The molecule has 0 N–H and O–H groups in total. The summed E-state index contributed by atoms with van der Waals surface area (Å²) in [5.74, 6) is -1.32. The molecule has 0 amide bonds. The molecule has 0 aliphatic carbocycles. The van der Waals surface area contributed by atoms with Gasteiger partial charge in [-0.25, -0.2) is 13.8 Å². The van der Waals surface area contributed by atoms with Gasteiger partial charge < -0.3 is 4.74 Å². The molecular formula is C16H12BrF2NO. The summed E-state index contributed by atoms with van der Waals surface area (Å²) >= 11 is 3.37. The highest BCUT2D eigenvalue weighted by atomic mass is 79.9. The fourth-order valence-electron chi connectivity index (χ4n) is 2.33. The van der Waals surface area contributed by atoms with E-state index < -0.39 is 11.6 Å². The average molecular weight is 352 g/mol. The summed E-state index contributed by atoms with van der Waals surface area (Å²) in [5.41, 5.74) is 0.737. The van der Waals surface area contributed by atoms with Crippen LogP contribution < -0.4 is 0 Å². The monoisotopic (exact) mass is 351 g/mol. The number of hydrogen-bond donors (Lipinski definition) is 0. The molecule has 1 heterocycles. The number of hydrogen-bond acceptors (Lipinski definition) is 2. The minimum atomic E-state index is -0.669. The molecule has 3 rings (SSSR count). The lowest BCUT2D eigenvalue weighted by atomic mass is 10.0. The van der Waals surface area contributed by atoms with Gasteiger partial charge in [0.25, 0.3) is 0 Å². The van der Waals surface area contributed by atoms with E-state index in [2.05, 4.69) is 20.9 Å². The quantitative estimate of drug-likeness (QED) is 0.772. The molecule has 0 fully saturated rings. The first kappa shape index (κ1) is 14.2. The van der Waals surface area contributed by atoms with Crippen molar-refractivity contribution in [1.29, 1.82) is 0 Å². The summed E-state index contributed by atoms with van der Waals surface area (Å²) in [7, 11) is 0. The molecule has 0 bridgehead atoms. The zero-order valence-corrected chi connectivity index (χ0v) is 12.8. The molecule has 0 unspecified atom stereocenters. The number of nitrogens with zero attached hydrogens (tertiary/aromatic N) is 1. The van der Waals surface area contributed by atoms with Crippen LogP contribution in [0.5, 0.6) is 0 Å². The smallest absolute Gasteiger partial charge is 0.223 e. The van der Waals surface area contributed by atoms with Crippen molar-refractivity contribution >= 4 is 21.8 Å². The summed E-state index contributed by atoms with van der Waals surface area (Å²) in [5, 5.41) is 0. The zero-order chi connectivity index (χ0) is 15.0. The molecule has 0 aromatic heterocycles. The predicted octanol–water partition coefficient (Wildman–Crippen LogP) is 4.63. The van der Waals surface area contributed by atoms with Crippen molar-refractivity contribution in [3.05, 3.63) is 69.7 Å². The molecule has 0 radical (unpaired) electrons. The number of ether oxygens (including phenoxy) is 1. The Bertz CT molecular complexity index is 680. The Kier molecular flexibility index (Phi) is 3.76. The Labute approximate surface area is 129 Å². The Hall–Kier alpha value is -1.75. The van der Waals surface area contributed by atoms with E-state index in [-0.39, 0.29) is 23.6 Å². The third kappa shape index (κ3) is 2.70. The molecular weight excluding hydrogens is 340 g/mol. The van der Waals surface area contributed by atoms with Gasteiger partial charge in [-0.3, -0.25) is 0 Å². The van der Waals surface area contributed by atoms with Gasteiger partial charge in [0, 0.05) is 4.47 Å². The Morgan fingerprint density at radius 2 is 1.67 bits per heavy atom. The lowest BCUT2D eigenvalue weighted by Gasteiger charge is -2.13. The predicted molar refractivity (Wildman–Crippen MR) is 80.3 cm³/mol. The highest BCUT2D eigenvalue weighted by molar-refractivity contribution is 9.10. The molecule has 2 nitrogen and oxygen atoms in total. The van der Waals surface area contributed by atoms with E-state index in [1.807, 2.05) is 31.2 Å². The second-order valence-electron chi connectivity index (χ2n) is 4.85. The SMILES string of the molecule is C[C@H]1OC(c2c(F)cccc2F)=N[C@H]1c1ccc(Br)cc1. The molecule has 0 saturated carbocycles. The van der Waals surface area contributed by atoms with Gasteiger partial charge in [-0.15, -0.1) is 0 Å². The van der Waals surface area contributed by atoms with Crippen LogP contribution in [-0.4, -0.2) is 12.0 Å². The number of rotatable bonds is 2. The molecule has 0 spiro atoms. The molecule has 1 aliphatic heterocycles. The maximum atomic E-state index is 13.8. The fourth-order valence-corrected chi connectivity index (χ4v) is 2.60. The molecule has 0 saturated heterocycles. The molecule has 2 atom stereocenters. The highest BCUT2D eigenvalue weighted by Gasteiger charge is 2.31. The molecule has 5 heteroatoms. The van der Waals surface area contributed by atoms with Crippen LogP contribution in [0.4, 0.5) is 8.78 Å². The van der Waals surface area contributed by atoms with Crippen LogP contribution >= 0.6 is 15.9 Å². The van der Waals surface area contributed by atoms with E-state index in [9.17, 15) is 8.78 Å². The first-order valence-corrected chi connectivity index (χ1v) is 7.30. The van der Waals surface area contributed by atoms with E-state index in [1.165, 1.54) is 18.2 Å². The van der Waals surface area contributed by atoms with Gasteiger partial charge in [0.15, 0.2) is 0 Å². The lowest BCUT2D eigenvalue weighted by Crippen LogP contribution is -2.14. The normalized spacial score (nSPS) is 21.0. The van der Waals surface area contributed by atoms with Gasteiger partial charge in [-0.2, -0.15) is 0 Å². The van der Waals surface area contributed by atoms with Gasteiger partial charge in [-0.05, 0) is 36.8 Å². The first-order chi connectivity index (χ1) is 10.1. The molecule has 2 aromatic rings. The fraction of sp³-hybridized carbons (Fsp3) is 0.188. The second-order valence-corrected chi connectivity index (χ2v) is 5.77. The van der Waals surface area contributed by atoms with Crippen molar-refractivity contribution in [1.82, 2.24) is 0 Å². The van der Waals surface area contributed by atoms with Gasteiger partial charge in [-0.1, -0.05) is 34.1 Å². The standard InChI is InChI=1S/C16H12BrF2NO/c1-9-15(10-5-7-11(17)8-6-10)20-16(21-9)14-12(18)3-2-4-13(14)19/h2-9,15H,1H3/t9-,15-/m1/s1. The first-order valence-electron chi connectivity index (χ1n) is 6.50. The van der Waals surface area contributed by atoms with Gasteiger partial charge in [0.05, 0.1) is 0 Å². The van der Waals surface area contributed by atoms with Crippen molar-refractivity contribution in [3.8, 4) is 0 Å². The lowest BCUT2D eigenvalue weighted by molar-refractivity contribution is 0.213. The second kappa shape index (κ2) is 5.56. The largest absolute Gasteiger partial charge is 0.472 e. The van der Waals surface area contributed by atoms with Crippen molar-refractivity contribution in [2.24, 2.45) is 4.99 Å². The van der Waals surface area contributed by atoms with Crippen molar-refractivity contribution in [2.75, 3.05) is 0 Å². The number of halogens is 3. The number of aliphatic imine (C=N–C) groups is 1. The highest BCUT2D eigenvalue weighted by Crippen LogP contribution is 2.32. The Morgan fingerprint density at radius 3 is 2.29 bits per heavy atom. The zero-order valence-electron chi connectivity index (χ0n) is 11.2. The summed E-state index contributed by atoms with van der Waals surface area (Å²) in [6.07, 6.45) is -0.278. The van der Waals surface area contributed by atoms with Crippen LogP contribution in [0.15, 0.2) is 51.9 Å². The van der Waals surface area contributed by atoms with Gasteiger partial charge in [0.1, 0.15) is 29.3 Å². The molecule has 21 heavy (non-hydrogen) atoms. The summed E-state index contributed by atoms with van der Waals surface area (Å²) in [4.78, 5) is 4.36. The van der Waals surface area contributed by atoms with Crippen molar-refractivity contribution in [2.45, 2.75) is 19.1 Å². The molecule has 108 valence electrons. The van der Waals surface area contributed by atoms with Crippen molar-refractivity contribution in [3.63, 3.8) is 0 Å². The van der Waals surface area contributed by atoms with E-state index in [1.54, 1.807) is 0 Å². The van der Waals surface area contributed by atoms with E-state index in [0.29, 0.717) is 0 Å². The van der Waals surface area contributed by atoms with Crippen LogP contribution in [0.2, 0.25) is 0 Å². The Balaban J connectivity index is 1.99. The summed E-state index contributed by atoms with van der Waals surface area (Å²) in [6, 6.07) is 11.1. The third-order valence-corrected chi connectivity index (χ3v) is 3.92. The van der Waals surface area contributed by atoms with Crippen LogP contribution in [0.3, 0.4) is 0 Å². The maximum absolute atomic E-state index is 13.8. The van der Waals surface area contributed by atoms with Gasteiger partial charge in [0.2, 0.25) is 5.90 Å². The van der Waals surface area contributed by atoms with E-state index in [0.717, 1.165) is 10.0 Å². The van der Waals surface area contributed by atoms with Crippen LogP contribution in [-0.2, 0) is 4.74 Å². The average Bonchev–Trinajstić information content (AvgIpc) is 2.81. The number of benzene rings is 2. The Morgan fingerprint density at radius 1 is 1.05 bits per heavy atom. The van der Waals surface area contributed by atoms with E-state index in [4.69, 9.17) is 4.74 Å². The minimum absolute atomic E-state index is 0.0195. The molecule has 1 aliphatic rings. The summed E-state index contributed by atoms with van der Waals surface area (Å²) in [6.45, 7) is 1.84. The molecule has 2 aromatic carbocycles. The minimum Gasteiger partial charge on any atom is -0.472 e. The summed E-state index contributed by atoms with van der Waals surface area (Å²) < 4.78 is 34.1. The van der Waals surface area contributed by atoms with Gasteiger partial charge >= 0.3 is 0 Å². The van der Waals surface area contributed by atoms with Crippen LogP contribution in [0.1, 0.15) is 24.1 Å². The van der Waals surface area contributed by atoms with Crippen molar-refractivity contribution < 1.29 is 13.5 Å². The third-order valence-electron chi connectivity index (χ3n) is 3.39. The maximum Gasteiger partial charge on any atom is 0.223 e. The topological polar surface area (TPSA) is 21.6 Å².